The molecule has 0 saturated carbocycles. The molecule has 0 aliphatic carbocycles. The molecule has 0 atom stereocenters. The highest BCUT2D eigenvalue weighted by atomic mass is 16.5. The summed E-state index contributed by atoms with van der Waals surface area (Å²) in [7, 11) is 1.69. The number of nitrogens with zero attached hydrogens (tertiary/aromatic N) is 2. The fraction of sp³-hybridized carbons (Fsp3) is 0.471. The first-order valence-corrected chi connectivity index (χ1v) is 7.08. The van der Waals surface area contributed by atoms with Crippen molar-refractivity contribution >= 4 is 0 Å². The summed E-state index contributed by atoms with van der Waals surface area (Å²) >= 11 is 0. The van der Waals surface area contributed by atoms with E-state index < -0.39 is 0 Å². The van der Waals surface area contributed by atoms with Gasteiger partial charge in [-0.3, -0.25) is 0 Å². The molecule has 0 bridgehead atoms. The van der Waals surface area contributed by atoms with E-state index in [4.69, 9.17) is 9.84 Å². The van der Waals surface area contributed by atoms with E-state index in [-0.39, 0.29) is 5.41 Å². The monoisotopic (exact) mass is 272 g/mol. The molecule has 0 spiro atoms. The molecule has 0 amide bonds. The molecule has 1 heterocycles. The van der Waals surface area contributed by atoms with Crippen molar-refractivity contribution < 1.29 is 4.74 Å². The largest absolute Gasteiger partial charge is 0.497 e. The van der Waals surface area contributed by atoms with Crippen molar-refractivity contribution in [1.29, 1.82) is 0 Å². The zero-order valence-corrected chi connectivity index (χ0v) is 13.3. The molecule has 1 aromatic heterocycles. The van der Waals surface area contributed by atoms with Gasteiger partial charge in [0.1, 0.15) is 5.75 Å². The Labute approximate surface area is 121 Å². The van der Waals surface area contributed by atoms with Crippen molar-refractivity contribution in [3.05, 3.63) is 41.7 Å². The van der Waals surface area contributed by atoms with E-state index in [9.17, 15) is 0 Å². The maximum atomic E-state index is 5.31. The fourth-order valence-electron chi connectivity index (χ4n) is 2.12. The standard InChI is InChI=1S/C17H24N2O/c1-12(2)15-11-16(17(3,4)5)18-19(15)13-8-7-9-14(10-13)20-6/h7-12H,1-6H3. The first-order chi connectivity index (χ1) is 9.32. The molecule has 2 rings (SSSR count). The van der Waals surface area contributed by atoms with Gasteiger partial charge in [0.25, 0.3) is 0 Å². The lowest BCUT2D eigenvalue weighted by molar-refractivity contribution is 0.414. The van der Waals surface area contributed by atoms with Crippen molar-refractivity contribution in [2.24, 2.45) is 0 Å². The van der Waals surface area contributed by atoms with Crippen molar-refractivity contribution in [3.8, 4) is 11.4 Å². The van der Waals surface area contributed by atoms with Crippen LogP contribution in [0.4, 0.5) is 0 Å². The van der Waals surface area contributed by atoms with Gasteiger partial charge in [0.15, 0.2) is 0 Å². The Kier molecular flexibility index (Phi) is 3.89. The van der Waals surface area contributed by atoms with Crippen LogP contribution >= 0.6 is 0 Å². The van der Waals surface area contributed by atoms with Crippen LogP contribution in [0.2, 0.25) is 0 Å². The average Bonchev–Trinajstić information content (AvgIpc) is 2.84. The summed E-state index contributed by atoms with van der Waals surface area (Å²) in [5, 5.41) is 4.81. The number of methoxy groups -OCH3 is 1. The SMILES string of the molecule is COc1cccc(-n2nc(C(C)(C)C)cc2C(C)C)c1. The van der Waals surface area contributed by atoms with E-state index in [2.05, 4.69) is 46.8 Å². The molecule has 3 heteroatoms. The highest BCUT2D eigenvalue weighted by Gasteiger charge is 2.21. The van der Waals surface area contributed by atoms with E-state index in [1.165, 1.54) is 5.69 Å². The summed E-state index contributed by atoms with van der Waals surface area (Å²) in [4.78, 5) is 0. The lowest BCUT2D eigenvalue weighted by Crippen LogP contribution is -2.12. The normalized spacial score (nSPS) is 11.9. The maximum Gasteiger partial charge on any atom is 0.121 e. The minimum atomic E-state index is 0.0494. The van der Waals surface area contributed by atoms with Gasteiger partial charge in [0, 0.05) is 17.2 Å². The Morgan fingerprint density at radius 2 is 1.85 bits per heavy atom. The van der Waals surface area contributed by atoms with Crippen LogP contribution in [0, 0.1) is 0 Å². The van der Waals surface area contributed by atoms with Crippen molar-refractivity contribution in [2.45, 2.75) is 46.0 Å². The lowest BCUT2D eigenvalue weighted by Gasteiger charge is -2.14. The topological polar surface area (TPSA) is 27.1 Å². The van der Waals surface area contributed by atoms with Gasteiger partial charge in [-0.15, -0.1) is 0 Å². The molecule has 108 valence electrons. The number of benzene rings is 1. The van der Waals surface area contributed by atoms with Crippen LogP contribution in [0.25, 0.3) is 5.69 Å². The highest BCUT2D eigenvalue weighted by molar-refractivity contribution is 5.41. The molecule has 1 aromatic carbocycles. The summed E-state index contributed by atoms with van der Waals surface area (Å²) in [6.07, 6.45) is 0. The molecular weight excluding hydrogens is 248 g/mol. The number of ether oxygens (including phenoxy) is 1. The second-order valence-corrected chi connectivity index (χ2v) is 6.47. The summed E-state index contributed by atoms with van der Waals surface area (Å²) in [6, 6.07) is 10.2. The van der Waals surface area contributed by atoms with E-state index in [0.29, 0.717) is 5.92 Å². The molecule has 20 heavy (non-hydrogen) atoms. The predicted molar refractivity (Wildman–Crippen MR) is 82.9 cm³/mol. The van der Waals surface area contributed by atoms with Crippen molar-refractivity contribution in [2.75, 3.05) is 7.11 Å². The minimum Gasteiger partial charge on any atom is -0.497 e. The molecule has 3 nitrogen and oxygen atoms in total. The Balaban J connectivity index is 2.57. The van der Waals surface area contributed by atoms with Gasteiger partial charge in [-0.05, 0) is 24.1 Å². The van der Waals surface area contributed by atoms with Gasteiger partial charge < -0.3 is 4.74 Å². The maximum absolute atomic E-state index is 5.31. The van der Waals surface area contributed by atoms with Gasteiger partial charge in [0.05, 0.1) is 18.5 Å². The number of hydrogen-bond acceptors (Lipinski definition) is 2. The molecule has 0 unspecified atom stereocenters. The molecular formula is C17H24N2O. The van der Waals surface area contributed by atoms with Crippen LogP contribution in [0.1, 0.15) is 51.9 Å². The molecule has 2 aromatic rings. The Bertz CT molecular complexity index is 591. The first-order valence-electron chi connectivity index (χ1n) is 7.08. The van der Waals surface area contributed by atoms with Gasteiger partial charge in [-0.25, -0.2) is 4.68 Å². The molecule has 0 N–H and O–H groups in total. The summed E-state index contributed by atoms with van der Waals surface area (Å²) in [6.45, 7) is 11.0. The summed E-state index contributed by atoms with van der Waals surface area (Å²) < 4.78 is 7.35. The predicted octanol–water partition coefficient (Wildman–Crippen LogP) is 4.30. The van der Waals surface area contributed by atoms with Gasteiger partial charge in [-0.2, -0.15) is 5.10 Å². The number of rotatable bonds is 3. The fourth-order valence-corrected chi connectivity index (χ4v) is 2.12. The van der Waals surface area contributed by atoms with Gasteiger partial charge in [-0.1, -0.05) is 40.7 Å². The molecule has 0 radical (unpaired) electrons. The Morgan fingerprint density at radius 1 is 1.15 bits per heavy atom. The van der Waals surface area contributed by atoms with E-state index in [1.807, 2.05) is 22.9 Å². The number of aromatic nitrogens is 2. The third kappa shape index (κ3) is 2.87. The van der Waals surface area contributed by atoms with Crippen LogP contribution in [0.5, 0.6) is 5.75 Å². The van der Waals surface area contributed by atoms with Crippen LogP contribution < -0.4 is 4.74 Å². The molecule has 0 fully saturated rings. The Morgan fingerprint density at radius 3 is 2.40 bits per heavy atom. The van der Waals surface area contributed by atoms with Gasteiger partial charge in [0.2, 0.25) is 0 Å². The molecule has 0 saturated heterocycles. The van der Waals surface area contributed by atoms with Crippen molar-refractivity contribution in [3.63, 3.8) is 0 Å². The quantitative estimate of drug-likeness (QED) is 0.833. The second-order valence-electron chi connectivity index (χ2n) is 6.47. The third-order valence-corrected chi connectivity index (χ3v) is 3.39. The van der Waals surface area contributed by atoms with Crippen LogP contribution in [-0.2, 0) is 5.41 Å². The highest BCUT2D eigenvalue weighted by Crippen LogP contribution is 2.28. The number of hydrogen-bond donors (Lipinski definition) is 0. The zero-order chi connectivity index (χ0) is 14.9. The average molecular weight is 272 g/mol. The van der Waals surface area contributed by atoms with Crippen LogP contribution in [-0.4, -0.2) is 16.9 Å². The van der Waals surface area contributed by atoms with Crippen LogP contribution in [0.15, 0.2) is 30.3 Å². The van der Waals surface area contributed by atoms with E-state index >= 15 is 0 Å². The van der Waals surface area contributed by atoms with Crippen molar-refractivity contribution in [1.82, 2.24) is 9.78 Å². The van der Waals surface area contributed by atoms with Gasteiger partial charge >= 0.3 is 0 Å². The Hall–Kier alpha value is -1.77. The van der Waals surface area contributed by atoms with E-state index in [1.54, 1.807) is 7.11 Å². The summed E-state index contributed by atoms with van der Waals surface area (Å²) in [5.74, 6) is 1.27. The summed E-state index contributed by atoms with van der Waals surface area (Å²) in [5.41, 5.74) is 3.43. The third-order valence-electron chi connectivity index (χ3n) is 3.39. The zero-order valence-electron chi connectivity index (χ0n) is 13.3. The minimum absolute atomic E-state index is 0.0494. The lowest BCUT2D eigenvalue weighted by atomic mass is 9.91. The first kappa shape index (κ1) is 14.6. The van der Waals surface area contributed by atoms with E-state index in [0.717, 1.165) is 17.1 Å². The van der Waals surface area contributed by atoms with Crippen LogP contribution in [0.3, 0.4) is 0 Å². The smallest absolute Gasteiger partial charge is 0.121 e. The molecule has 0 aliphatic heterocycles. The second kappa shape index (κ2) is 5.31. The molecule has 0 aliphatic rings.